The Balaban J connectivity index is 2.37. The molecular formula is C12H19NO2. The molecular weight excluding hydrogens is 190 g/mol. The summed E-state index contributed by atoms with van der Waals surface area (Å²) in [6.07, 6.45) is 5.46. The molecule has 0 aromatic heterocycles. The molecule has 0 spiro atoms. The van der Waals surface area contributed by atoms with Gasteiger partial charge in [0.1, 0.15) is 6.61 Å². The van der Waals surface area contributed by atoms with E-state index in [0.717, 1.165) is 32.5 Å². The first-order valence-electron chi connectivity index (χ1n) is 5.38. The number of hydrogen-bond acceptors (Lipinski definition) is 3. The van der Waals surface area contributed by atoms with Crippen LogP contribution >= 0.6 is 0 Å². The number of hydrogen-bond donors (Lipinski definition) is 0. The minimum absolute atomic E-state index is 0.0265. The van der Waals surface area contributed by atoms with Gasteiger partial charge in [0.2, 0.25) is 0 Å². The van der Waals surface area contributed by atoms with E-state index in [1.54, 1.807) is 6.08 Å². The van der Waals surface area contributed by atoms with Gasteiger partial charge in [0.05, 0.1) is 5.92 Å². The van der Waals surface area contributed by atoms with Gasteiger partial charge in [-0.2, -0.15) is 0 Å². The van der Waals surface area contributed by atoms with Crippen LogP contribution in [0.2, 0.25) is 0 Å². The minimum Gasteiger partial charge on any atom is -0.461 e. The highest BCUT2D eigenvalue weighted by Crippen LogP contribution is 2.17. The second-order valence-corrected chi connectivity index (χ2v) is 3.81. The van der Waals surface area contributed by atoms with Crippen LogP contribution in [0.25, 0.3) is 0 Å². The lowest BCUT2D eigenvalue weighted by molar-refractivity contribution is -0.149. The summed E-state index contributed by atoms with van der Waals surface area (Å²) in [5, 5.41) is 0. The Morgan fingerprint density at radius 2 is 2.27 bits per heavy atom. The van der Waals surface area contributed by atoms with Crippen molar-refractivity contribution >= 4 is 5.97 Å². The molecule has 3 heteroatoms. The van der Waals surface area contributed by atoms with Crippen LogP contribution in [0.1, 0.15) is 12.8 Å². The fourth-order valence-corrected chi connectivity index (χ4v) is 1.86. The SMILES string of the molecule is C=CCOC(=O)C1CCCN(CC=C)C1. The third-order valence-electron chi connectivity index (χ3n) is 2.57. The molecule has 1 atom stereocenters. The van der Waals surface area contributed by atoms with E-state index >= 15 is 0 Å². The Bertz CT molecular complexity index is 238. The van der Waals surface area contributed by atoms with E-state index < -0.39 is 0 Å². The lowest BCUT2D eigenvalue weighted by Gasteiger charge is -2.30. The standard InChI is InChI=1S/C12H19NO2/c1-3-7-13-8-5-6-11(10-13)12(14)15-9-4-2/h3-4,11H,1-2,5-10H2. The van der Waals surface area contributed by atoms with Crippen molar-refractivity contribution in [3.8, 4) is 0 Å². The third kappa shape index (κ3) is 3.88. The Hall–Kier alpha value is -1.09. The molecule has 0 N–H and O–H groups in total. The molecule has 0 aliphatic carbocycles. The summed E-state index contributed by atoms with van der Waals surface area (Å²) < 4.78 is 5.05. The van der Waals surface area contributed by atoms with Crippen molar-refractivity contribution in [3.63, 3.8) is 0 Å². The van der Waals surface area contributed by atoms with Gasteiger partial charge in [0.25, 0.3) is 0 Å². The van der Waals surface area contributed by atoms with E-state index in [9.17, 15) is 4.79 Å². The molecule has 0 amide bonds. The van der Waals surface area contributed by atoms with Crippen LogP contribution in [0, 0.1) is 5.92 Å². The maximum atomic E-state index is 11.6. The first kappa shape index (κ1) is 12.0. The van der Waals surface area contributed by atoms with Gasteiger partial charge in [0, 0.05) is 13.1 Å². The maximum absolute atomic E-state index is 11.6. The summed E-state index contributed by atoms with van der Waals surface area (Å²) in [6.45, 7) is 10.2. The summed E-state index contributed by atoms with van der Waals surface area (Å²) in [6, 6.07) is 0. The van der Waals surface area contributed by atoms with E-state index in [2.05, 4.69) is 18.1 Å². The molecule has 0 saturated carbocycles. The monoisotopic (exact) mass is 209 g/mol. The quantitative estimate of drug-likeness (QED) is 0.509. The molecule has 84 valence electrons. The van der Waals surface area contributed by atoms with Crippen molar-refractivity contribution in [1.82, 2.24) is 4.90 Å². The first-order valence-corrected chi connectivity index (χ1v) is 5.38. The lowest BCUT2D eigenvalue weighted by atomic mass is 9.98. The second kappa shape index (κ2) is 6.40. The van der Waals surface area contributed by atoms with Crippen molar-refractivity contribution < 1.29 is 9.53 Å². The van der Waals surface area contributed by atoms with Crippen LogP contribution in [0.15, 0.2) is 25.3 Å². The van der Waals surface area contributed by atoms with Crippen LogP contribution in [0.3, 0.4) is 0 Å². The number of carbonyl (C=O) groups is 1. The number of ether oxygens (including phenoxy) is 1. The summed E-state index contributed by atoms with van der Waals surface area (Å²) in [5.41, 5.74) is 0. The highest BCUT2D eigenvalue weighted by molar-refractivity contribution is 5.72. The molecule has 0 aromatic carbocycles. The molecule has 0 radical (unpaired) electrons. The predicted molar refractivity (Wildman–Crippen MR) is 60.5 cm³/mol. The van der Waals surface area contributed by atoms with Gasteiger partial charge in [-0.15, -0.1) is 6.58 Å². The Morgan fingerprint density at radius 3 is 2.93 bits per heavy atom. The van der Waals surface area contributed by atoms with Gasteiger partial charge in [-0.3, -0.25) is 9.69 Å². The van der Waals surface area contributed by atoms with Crippen molar-refractivity contribution in [2.24, 2.45) is 5.92 Å². The van der Waals surface area contributed by atoms with Gasteiger partial charge < -0.3 is 4.74 Å². The van der Waals surface area contributed by atoms with Crippen LogP contribution < -0.4 is 0 Å². The topological polar surface area (TPSA) is 29.5 Å². The number of likely N-dealkylation sites (tertiary alicyclic amines) is 1. The number of rotatable bonds is 5. The van der Waals surface area contributed by atoms with Gasteiger partial charge in [-0.1, -0.05) is 18.7 Å². The highest BCUT2D eigenvalue weighted by Gasteiger charge is 2.25. The largest absolute Gasteiger partial charge is 0.461 e. The average Bonchev–Trinajstić information content (AvgIpc) is 2.27. The van der Waals surface area contributed by atoms with E-state index in [1.807, 2.05) is 6.08 Å². The van der Waals surface area contributed by atoms with Crippen LogP contribution in [-0.4, -0.2) is 37.1 Å². The lowest BCUT2D eigenvalue weighted by Crippen LogP contribution is -2.39. The maximum Gasteiger partial charge on any atom is 0.310 e. The van der Waals surface area contributed by atoms with Gasteiger partial charge in [-0.25, -0.2) is 0 Å². The summed E-state index contributed by atoms with van der Waals surface area (Å²) in [4.78, 5) is 13.8. The van der Waals surface area contributed by atoms with E-state index in [4.69, 9.17) is 4.74 Å². The zero-order valence-electron chi connectivity index (χ0n) is 9.15. The Labute approximate surface area is 91.4 Å². The first-order chi connectivity index (χ1) is 7.27. The van der Waals surface area contributed by atoms with Crippen LogP contribution in [-0.2, 0) is 9.53 Å². The fraction of sp³-hybridized carbons (Fsp3) is 0.583. The molecule has 1 aliphatic rings. The average molecular weight is 209 g/mol. The molecule has 1 heterocycles. The molecule has 1 fully saturated rings. The summed E-state index contributed by atoms with van der Waals surface area (Å²) >= 11 is 0. The van der Waals surface area contributed by atoms with E-state index in [0.29, 0.717) is 6.61 Å². The molecule has 1 saturated heterocycles. The molecule has 1 rings (SSSR count). The molecule has 1 unspecified atom stereocenters. The van der Waals surface area contributed by atoms with Gasteiger partial charge in [-0.05, 0) is 19.4 Å². The number of piperidine rings is 1. The van der Waals surface area contributed by atoms with Crippen molar-refractivity contribution in [2.75, 3.05) is 26.2 Å². The molecule has 3 nitrogen and oxygen atoms in total. The van der Waals surface area contributed by atoms with E-state index in [-0.39, 0.29) is 11.9 Å². The molecule has 0 aromatic rings. The third-order valence-corrected chi connectivity index (χ3v) is 2.57. The number of carbonyl (C=O) groups excluding carboxylic acids is 1. The smallest absolute Gasteiger partial charge is 0.310 e. The van der Waals surface area contributed by atoms with Crippen molar-refractivity contribution in [1.29, 1.82) is 0 Å². The highest BCUT2D eigenvalue weighted by atomic mass is 16.5. The van der Waals surface area contributed by atoms with Crippen LogP contribution in [0.5, 0.6) is 0 Å². The number of nitrogens with zero attached hydrogens (tertiary/aromatic N) is 1. The van der Waals surface area contributed by atoms with Gasteiger partial charge >= 0.3 is 5.97 Å². The fourth-order valence-electron chi connectivity index (χ4n) is 1.86. The Morgan fingerprint density at radius 1 is 1.47 bits per heavy atom. The number of esters is 1. The van der Waals surface area contributed by atoms with Crippen molar-refractivity contribution in [3.05, 3.63) is 25.3 Å². The van der Waals surface area contributed by atoms with Crippen LogP contribution in [0.4, 0.5) is 0 Å². The summed E-state index contributed by atoms with van der Waals surface area (Å²) in [7, 11) is 0. The minimum atomic E-state index is -0.0938. The zero-order chi connectivity index (χ0) is 11.1. The predicted octanol–water partition coefficient (Wildman–Crippen LogP) is 1.61. The zero-order valence-corrected chi connectivity index (χ0v) is 9.15. The van der Waals surface area contributed by atoms with Crippen molar-refractivity contribution in [2.45, 2.75) is 12.8 Å². The normalized spacial score (nSPS) is 22.0. The summed E-state index contributed by atoms with van der Waals surface area (Å²) in [5.74, 6) is -0.0673. The second-order valence-electron chi connectivity index (χ2n) is 3.81. The Kier molecular flexibility index (Phi) is 5.12. The van der Waals surface area contributed by atoms with E-state index in [1.165, 1.54) is 0 Å². The molecule has 15 heavy (non-hydrogen) atoms. The molecule has 1 aliphatic heterocycles. The van der Waals surface area contributed by atoms with Gasteiger partial charge in [0.15, 0.2) is 0 Å². The molecule has 0 bridgehead atoms.